The molecular weight excluding hydrogens is 368 g/mol. The maximum atomic E-state index is 5.52. The fourth-order valence-electron chi connectivity index (χ4n) is 4.35. The SMILES string of the molecule is CC[C@H](c1nnnn1Cc1ccco1)[NH+]1CC[NH+](Cc2ccccc2OC)CC1. The van der Waals surface area contributed by atoms with Crippen molar-refractivity contribution in [2.24, 2.45) is 0 Å². The van der Waals surface area contributed by atoms with Crippen LogP contribution in [0, 0.1) is 0 Å². The van der Waals surface area contributed by atoms with E-state index in [9.17, 15) is 0 Å². The third-order valence-electron chi connectivity index (χ3n) is 5.89. The summed E-state index contributed by atoms with van der Waals surface area (Å²) in [5, 5.41) is 12.5. The summed E-state index contributed by atoms with van der Waals surface area (Å²) in [6, 6.07) is 12.5. The van der Waals surface area contributed by atoms with Gasteiger partial charge in [0.1, 0.15) is 56.8 Å². The lowest BCUT2D eigenvalue weighted by atomic mass is 10.1. The van der Waals surface area contributed by atoms with Crippen LogP contribution in [0.25, 0.3) is 0 Å². The van der Waals surface area contributed by atoms with Crippen molar-refractivity contribution >= 4 is 0 Å². The first-order chi connectivity index (χ1) is 14.3. The normalized spacial score (nSPS) is 20.5. The zero-order valence-electron chi connectivity index (χ0n) is 17.2. The molecule has 8 nitrogen and oxygen atoms in total. The van der Waals surface area contributed by atoms with Crippen LogP contribution in [0.5, 0.6) is 5.75 Å². The van der Waals surface area contributed by atoms with Gasteiger partial charge in [0.25, 0.3) is 0 Å². The van der Waals surface area contributed by atoms with Crippen LogP contribution in [0.3, 0.4) is 0 Å². The van der Waals surface area contributed by atoms with Crippen LogP contribution >= 0.6 is 0 Å². The van der Waals surface area contributed by atoms with Crippen LogP contribution < -0.4 is 14.5 Å². The van der Waals surface area contributed by atoms with Gasteiger partial charge < -0.3 is 19.0 Å². The summed E-state index contributed by atoms with van der Waals surface area (Å²) >= 11 is 0. The van der Waals surface area contributed by atoms with Gasteiger partial charge in [-0.25, -0.2) is 4.68 Å². The van der Waals surface area contributed by atoms with Gasteiger partial charge in [0.05, 0.1) is 13.4 Å². The molecular formula is C21H30N6O2+2. The first kappa shape index (κ1) is 19.6. The van der Waals surface area contributed by atoms with Gasteiger partial charge in [-0.15, -0.1) is 5.10 Å². The summed E-state index contributed by atoms with van der Waals surface area (Å²) in [6.45, 7) is 8.27. The van der Waals surface area contributed by atoms with Crippen LogP contribution in [0.4, 0.5) is 0 Å². The Balaban J connectivity index is 1.39. The summed E-state index contributed by atoms with van der Waals surface area (Å²) in [7, 11) is 1.75. The minimum atomic E-state index is 0.299. The number of nitrogens with zero attached hydrogens (tertiary/aromatic N) is 4. The Bertz CT molecular complexity index is 886. The lowest BCUT2D eigenvalue weighted by Crippen LogP contribution is -3.27. The highest BCUT2D eigenvalue weighted by atomic mass is 16.5. The van der Waals surface area contributed by atoms with E-state index in [1.807, 2.05) is 28.9 Å². The number of quaternary nitrogens is 2. The minimum absolute atomic E-state index is 0.299. The maximum Gasteiger partial charge on any atom is 0.209 e. The molecule has 3 aromatic rings. The molecule has 0 radical (unpaired) electrons. The van der Waals surface area contributed by atoms with Crippen molar-refractivity contribution in [2.75, 3.05) is 33.3 Å². The molecule has 1 atom stereocenters. The summed E-state index contributed by atoms with van der Waals surface area (Å²) in [5.41, 5.74) is 1.28. The average Bonchev–Trinajstić information content (AvgIpc) is 3.43. The van der Waals surface area contributed by atoms with Gasteiger partial charge in [0, 0.05) is 12.0 Å². The molecule has 0 bridgehead atoms. The van der Waals surface area contributed by atoms with Crippen molar-refractivity contribution < 1.29 is 19.0 Å². The van der Waals surface area contributed by atoms with Gasteiger partial charge in [0.15, 0.2) is 0 Å². The number of tetrazole rings is 1. The first-order valence-electron chi connectivity index (χ1n) is 10.4. The van der Waals surface area contributed by atoms with Gasteiger partial charge in [-0.1, -0.05) is 19.1 Å². The molecule has 0 amide bonds. The fraction of sp³-hybridized carbons (Fsp3) is 0.476. The number of ether oxygens (including phenoxy) is 1. The molecule has 1 aliphatic heterocycles. The molecule has 1 fully saturated rings. The second-order valence-electron chi connectivity index (χ2n) is 7.63. The second-order valence-corrected chi connectivity index (χ2v) is 7.63. The molecule has 0 unspecified atom stereocenters. The molecule has 2 aromatic heterocycles. The molecule has 1 aliphatic rings. The molecule has 3 heterocycles. The Labute approximate surface area is 171 Å². The van der Waals surface area contributed by atoms with Crippen molar-refractivity contribution in [3.63, 3.8) is 0 Å². The molecule has 1 aromatic carbocycles. The van der Waals surface area contributed by atoms with E-state index in [-0.39, 0.29) is 0 Å². The van der Waals surface area contributed by atoms with Gasteiger partial charge in [-0.2, -0.15) is 0 Å². The summed E-state index contributed by atoms with van der Waals surface area (Å²) in [4.78, 5) is 3.16. The second kappa shape index (κ2) is 9.19. The van der Waals surface area contributed by atoms with Crippen molar-refractivity contribution in [1.29, 1.82) is 0 Å². The van der Waals surface area contributed by atoms with Crippen LogP contribution in [0.1, 0.15) is 36.5 Å². The summed E-state index contributed by atoms with van der Waals surface area (Å²) in [6.07, 6.45) is 2.70. The van der Waals surface area contributed by atoms with E-state index in [2.05, 4.69) is 34.6 Å². The number of hydrogen-bond acceptors (Lipinski definition) is 5. The van der Waals surface area contributed by atoms with Crippen LogP contribution in [-0.4, -0.2) is 53.5 Å². The molecule has 1 saturated heterocycles. The van der Waals surface area contributed by atoms with Gasteiger partial charge in [0.2, 0.25) is 5.82 Å². The van der Waals surface area contributed by atoms with Crippen LogP contribution in [0.2, 0.25) is 0 Å². The third kappa shape index (κ3) is 4.49. The Morgan fingerprint density at radius 3 is 2.69 bits per heavy atom. The number of methoxy groups -OCH3 is 1. The van der Waals surface area contributed by atoms with E-state index >= 15 is 0 Å². The number of nitrogens with one attached hydrogen (secondary N) is 2. The van der Waals surface area contributed by atoms with Gasteiger partial charge in [-0.05, 0) is 34.7 Å². The standard InChI is InChI=1S/C21H28N6O2/c1-3-19(21-22-23-24-27(21)16-18-8-6-14-29-18)26-12-10-25(11-13-26)15-17-7-4-5-9-20(17)28-2/h4-9,14,19H,3,10-13,15-16H2,1-2H3/p+2/t19-/m1/s1. The van der Waals surface area contributed by atoms with E-state index in [0.717, 1.165) is 56.5 Å². The third-order valence-corrected chi connectivity index (χ3v) is 5.89. The maximum absolute atomic E-state index is 5.52. The molecule has 0 spiro atoms. The number of aromatic nitrogens is 4. The Morgan fingerprint density at radius 2 is 1.97 bits per heavy atom. The summed E-state index contributed by atoms with van der Waals surface area (Å²) in [5.74, 6) is 2.81. The van der Waals surface area contributed by atoms with Gasteiger partial charge in [-0.3, -0.25) is 0 Å². The van der Waals surface area contributed by atoms with Gasteiger partial charge >= 0.3 is 0 Å². The van der Waals surface area contributed by atoms with E-state index < -0.39 is 0 Å². The van der Waals surface area contributed by atoms with Crippen LogP contribution in [-0.2, 0) is 13.1 Å². The number of benzene rings is 1. The quantitative estimate of drug-likeness (QED) is 0.548. The predicted octanol–water partition coefficient (Wildman–Crippen LogP) is -0.242. The number of para-hydroxylation sites is 1. The largest absolute Gasteiger partial charge is 0.496 e. The Hall–Kier alpha value is -2.71. The molecule has 2 N–H and O–H groups in total. The van der Waals surface area contributed by atoms with Crippen LogP contribution in [0.15, 0.2) is 47.1 Å². The molecule has 8 heteroatoms. The van der Waals surface area contributed by atoms with Crippen molar-refractivity contribution in [3.8, 4) is 5.75 Å². The minimum Gasteiger partial charge on any atom is -0.496 e. The highest BCUT2D eigenvalue weighted by Gasteiger charge is 2.33. The van der Waals surface area contributed by atoms with E-state index in [0.29, 0.717) is 12.6 Å². The average molecular weight is 399 g/mol. The number of piperazine rings is 1. The smallest absolute Gasteiger partial charge is 0.209 e. The Kier molecular flexibility index (Phi) is 6.21. The Morgan fingerprint density at radius 1 is 1.14 bits per heavy atom. The zero-order valence-corrected chi connectivity index (χ0v) is 17.2. The topological polar surface area (TPSA) is 74.9 Å². The number of rotatable bonds is 8. The number of hydrogen-bond donors (Lipinski definition) is 2. The van der Waals surface area contributed by atoms with Crippen molar-refractivity contribution in [3.05, 3.63) is 59.8 Å². The monoisotopic (exact) mass is 398 g/mol. The lowest BCUT2D eigenvalue weighted by molar-refractivity contribution is -1.03. The fourth-order valence-corrected chi connectivity index (χ4v) is 4.35. The number of furan rings is 1. The predicted molar refractivity (Wildman–Crippen MR) is 107 cm³/mol. The van der Waals surface area contributed by atoms with Crippen molar-refractivity contribution in [1.82, 2.24) is 20.2 Å². The first-order valence-corrected chi connectivity index (χ1v) is 10.4. The molecule has 154 valence electrons. The molecule has 4 rings (SSSR count). The lowest BCUT2D eigenvalue weighted by Gasteiger charge is -2.33. The zero-order chi connectivity index (χ0) is 20.1. The highest BCUT2D eigenvalue weighted by Crippen LogP contribution is 2.16. The highest BCUT2D eigenvalue weighted by molar-refractivity contribution is 5.32. The summed E-state index contributed by atoms with van der Waals surface area (Å²) < 4.78 is 12.9. The molecule has 0 saturated carbocycles. The van der Waals surface area contributed by atoms with Crippen molar-refractivity contribution in [2.45, 2.75) is 32.5 Å². The van der Waals surface area contributed by atoms with E-state index in [4.69, 9.17) is 9.15 Å². The molecule has 0 aliphatic carbocycles. The van der Waals surface area contributed by atoms with E-state index in [1.54, 1.807) is 23.2 Å². The van der Waals surface area contributed by atoms with E-state index in [1.165, 1.54) is 5.56 Å². The molecule has 29 heavy (non-hydrogen) atoms.